The summed E-state index contributed by atoms with van der Waals surface area (Å²) in [5.41, 5.74) is -0.109. The highest BCUT2D eigenvalue weighted by molar-refractivity contribution is 5.90. The smallest absolute Gasteiger partial charge is 0.339 e. The molecule has 0 spiro atoms. The molecule has 1 aromatic rings. The van der Waals surface area contributed by atoms with E-state index in [1.165, 1.54) is 18.2 Å². The predicted octanol–water partition coefficient (Wildman–Crippen LogP) is 2.46. The van der Waals surface area contributed by atoms with Gasteiger partial charge >= 0.3 is 5.97 Å². The molecular weight excluding hydrogens is 199 g/mol. The summed E-state index contributed by atoms with van der Waals surface area (Å²) in [6.45, 7) is 0. The number of rotatable bonds is 3. The Morgan fingerprint density at radius 2 is 2.20 bits per heavy atom. The zero-order chi connectivity index (χ0) is 10.8. The van der Waals surface area contributed by atoms with Crippen LogP contribution in [0.4, 0.5) is 4.39 Å². The fourth-order valence-electron chi connectivity index (χ4n) is 1.45. The molecule has 1 fully saturated rings. The molecule has 0 bridgehead atoms. The van der Waals surface area contributed by atoms with Crippen molar-refractivity contribution in [2.45, 2.75) is 25.4 Å². The first kappa shape index (κ1) is 9.96. The summed E-state index contributed by atoms with van der Waals surface area (Å²) in [5.74, 6) is -1.90. The highest BCUT2D eigenvalue weighted by atomic mass is 19.1. The Balaban J connectivity index is 2.29. The number of hydrogen-bond acceptors (Lipinski definition) is 2. The largest absolute Gasteiger partial charge is 0.486 e. The molecular formula is C11H11FO3. The third kappa shape index (κ3) is 1.93. The van der Waals surface area contributed by atoms with Gasteiger partial charge in [0.25, 0.3) is 0 Å². The molecule has 4 heteroatoms. The van der Waals surface area contributed by atoms with Crippen molar-refractivity contribution >= 4 is 5.97 Å². The Morgan fingerprint density at radius 3 is 2.73 bits per heavy atom. The van der Waals surface area contributed by atoms with E-state index in [9.17, 15) is 9.18 Å². The number of carboxylic acids is 1. The molecule has 1 aliphatic rings. The van der Waals surface area contributed by atoms with Crippen molar-refractivity contribution in [3.8, 4) is 5.75 Å². The standard InChI is InChI=1S/C11H11FO3/c12-9-6-2-5-8(11(13)14)10(9)15-7-3-1-4-7/h2,5-7H,1,3-4H2,(H,13,14). The highest BCUT2D eigenvalue weighted by Gasteiger charge is 2.24. The van der Waals surface area contributed by atoms with Crippen LogP contribution in [0, 0.1) is 5.82 Å². The Labute approximate surface area is 86.5 Å². The summed E-state index contributed by atoms with van der Waals surface area (Å²) in [6.07, 6.45) is 2.77. The fraction of sp³-hybridized carbons (Fsp3) is 0.364. The van der Waals surface area contributed by atoms with Gasteiger partial charge in [0, 0.05) is 0 Å². The third-order valence-corrected chi connectivity index (χ3v) is 2.53. The van der Waals surface area contributed by atoms with E-state index in [2.05, 4.69) is 0 Å². The van der Waals surface area contributed by atoms with Crippen LogP contribution in [-0.4, -0.2) is 17.2 Å². The molecule has 1 aromatic carbocycles. The van der Waals surface area contributed by atoms with Gasteiger partial charge in [-0.2, -0.15) is 0 Å². The van der Waals surface area contributed by atoms with Crippen molar-refractivity contribution < 1.29 is 19.0 Å². The maximum absolute atomic E-state index is 13.3. The summed E-state index contributed by atoms with van der Waals surface area (Å²) >= 11 is 0. The Kier molecular flexibility index (Phi) is 2.58. The van der Waals surface area contributed by atoms with Crippen molar-refractivity contribution in [3.05, 3.63) is 29.6 Å². The van der Waals surface area contributed by atoms with Gasteiger partial charge in [-0.25, -0.2) is 9.18 Å². The molecule has 1 aliphatic carbocycles. The molecule has 3 nitrogen and oxygen atoms in total. The number of carbonyl (C=O) groups is 1. The second-order valence-corrected chi connectivity index (χ2v) is 3.59. The molecule has 0 atom stereocenters. The quantitative estimate of drug-likeness (QED) is 0.833. The van der Waals surface area contributed by atoms with E-state index in [1.807, 2.05) is 0 Å². The van der Waals surface area contributed by atoms with Crippen LogP contribution >= 0.6 is 0 Å². The van der Waals surface area contributed by atoms with Crippen molar-refractivity contribution in [3.63, 3.8) is 0 Å². The van der Waals surface area contributed by atoms with Crippen LogP contribution in [0.5, 0.6) is 5.75 Å². The molecule has 1 N–H and O–H groups in total. The number of hydrogen-bond donors (Lipinski definition) is 1. The van der Waals surface area contributed by atoms with Crippen LogP contribution in [0.25, 0.3) is 0 Å². The molecule has 15 heavy (non-hydrogen) atoms. The van der Waals surface area contributed by atoms with E-state index in [0.717, 1.165) is 19.3 Å². The fourth-order valence-corrected chi connectivity index (χ4v) is 1.45. The van der Waals surface area contributed by atoms with Crippen molar-refractivity contribution in [2.75, 3.05) is 0 Å². The first-order valence-corrected chi connectivity index (χ1v) is 4.87. The molecule has 0 radical (unpaired) electrons. The van der Waals surface area contributed by atoms with E-state index in [0.29, 0.717) is 0 Å². The first-order chi connectivity index (χ1) is 7.18. The van der Waals surface area contributed by atoms with Crippen LogP contribution in [0.2, 0.25) is 0 Å². The summed E-state index contributed by atoms with van der Waals surface area (Å²) in [6, 6.07) is 3.92. The van der Waals surface area contributed by atoms with Gasteiger partial charge in [0.2, 0.25) is 0 Å². The van der Waals surface area contributed by atoms with Crippen LogP contribution < -0.4 is 4.74 Å². The SMILES string of the molecule is O=C(O)c1cccc(F)c1OC1CCC1. The molecule has 0 saturated heterocycles. The Hall–Kier alpha value is -1.58. The lowest BCUT2D eigenvalue weighted by Gasteiger charge is -2.27. The lowest BCUT2D eigenvalue weighted by atomic mass is 9.96. The van der Waals surface area contributed by atoms with Gasteiger partial charge < -0.3 is 9.84 Å². The molecule has 0 aliphatic heterocycles. The molecule has 1 saturated carbocycles. The zero-order valence-electron chi connectivity index (χ0n) is 8.07. The van der Waals surface area contributed by atoms with Crippen LogP contribution in [-0.2, 0) is 0 Å². The Morgan fingerprint density at radius 1 is 1.47 bits per heavy atom. The average Bonchev–Trinajstić information content (AvgIpc) is 2.12. The maximum atomic E-state index is 13.3. The second kappa shape index (κ2) is 3.88. The number of ether oxygens (including phenoxy) is 1. The maximum Gasteiger partial charge on any atom is 0.339 e. The summed E-state index contributed by atoms with van der Waals surface area (Å²) in [5, 5.41) is 8.85. The first-order valence-electron chi connectivity index (χ1n) is 4.87. The van der Waals surface area contributed by atoms with Crippen LogP contribution in [0.3, 0.4) is 0 Å². The van der Waals surface area contributed by atoms with E-state index in [1.54, 1.807) is 0 Å². The summed E-state index contributed by atoms with van der Waals surface area (Å²) in [4.78, 5) is 10.8. The van der Waals surface area contributed by atoms with Crippen molar-refractivity contribution in [1.82, 2.24) is 0 Å². The zero-order valence-corrected chi connectivity index (χ0v) is 8.07. The van der Waals surface area contributed by atoms with Gasteiger partial charge in [0.15, 0.2) is 11.6 Å². The lowest BCUT2D eigenvalue weighted by molar-refractivity contribution is 0.0675. The van der Waals surface area contributed by atoms with Crippen LogP contribution in [0.1, 0.15) is 29.6 Å². The van der Waals surface area contributed by atoms with Gasteiger partial charge in [0.1, 0.15) is 5.56 Å². The molecule has 2 rings (SSSR count). The van der Waals surface area contributed by atoms with Crippen LogP contribution in [0.15, 0.2) is 18.2 Å². The molecule has 0 unspecified atom stereocenters. The lowest BCUT2D eigenvalue weighted by Crippen LogP contribution is -2.26. The second-order valence-electron chi connectivity index (χ2n) is 3.59. The van der Waals surface area contributed by atoms with Gasteiger partial charge in [-0.05, 0) is 31.4 Å². The van der Waals surface area contributed by atoms with Gasteiger partial charge in [0.05, 0.1) is 6.10 Å². The third-order valence-electron chi connectivity index (χ3n) is 2.53. The van der Waals surface area contributed by atoms with Crippen molar-refractivity contribution in [1.29, 1.82) is 0 Å². The number of para-hydroxylation sites is 1. The normalized spacial score (nSPS) is 15.8. The molecule has 0 amide bonds. The average molecular weight is 210 g/mol. The Bertz CT molecular complexity index is 385. The number of halogens is 1. The van der Waals surface area contributed by atoms with E-state index in [4.69, 9.17) is 9.84 Å². The molecule has 0 aromatic heterocycles. The van der Waals surface area contributed by atoms with E-state index >= 15 is 0 Å². The minimum Gasteiger partial charge on any atom is -0.486 e. The predicted molar refractivity (Wildman–Crippen MR) is 51.6 cm³/mol. The van der Waals surface area contributed by atoms with E-state index in [-0.39, 0.29) is 17.4 Å². The molecule has 80 valence electrons. The minimum absolute atomic E-state index is 0.0278. The number of benzene rings is 1. The van der Waals surface area contributed by atoms with Gasteiger partial charge in [-0.1, -0.05) is 6.07 Å². The minimum atomic E-state index is -1.16. The monoisotopic (exact) mass is 210 g/mol. The summed E-state index contributed by atoms with van der Waals surface area (Å²) in [7, 11) is 0. The summed E-state index contributed by atoms with van der Waals surface area (Å²) < 4.78 is 18.7. The highest BCUT2D eigenvalue weighted by Crippen LogP contribution is 2.29. The van der Waals surface area contributed by atoms with Gasteiger partial charge in [-0.15, -0.1) is 0 Å². The van der Waals surface area contributed by atoms with Gasteiger partial charge in [-0.3, -0.25) is 0 Å². The number of carboxylic acid groups (broad SMARTS) is 1. The van der Waals surface area contributed by atoms with E-state index < -0.39 is 11.8 Å². The van der Waals surface area contributed by atoms with Crippen molar-refractivity contribution in [2.24, 2.45) is 0 Å². The molecule has 0 heterocycles. The topological polar surface area (TPSA) is 46.5 Å². The number of aromatic carboxylic acids is 1.